The molecule has 0 atom stereocenters. The van der Waals surface area contributed by atoms with Crippen LogP contribution >= 0.6 is 0 Å². The molecular weight excluding hydrogens is 205 g/mol. The molecule has 0 heterocycles. The van der Waals surface area contributed by atoms with E-state index in [2.05, 4.69) is 0 Å². The molecule has 0 N–H and O–H groups in total. The van der Waals surface area contributed by atoms with Crippen LogP contribution in [0, 0.1) is 17.1 Å². The second kappa shape index (κ2) is 5.47. The Balaban J connectivity index is 2.87. The zero-order chi connectivity index (χ0) is 12.1. The smallest absolute Gasteiger partial charge is 0.143 e. The summed E-state index contributed by atoms with van der Waals surface area (Å²) in [6.07, 6.45) is 0. The van der Waals surface area contributed by atoms with Crippen LogP contribution in [0.2, 0.25) is 0 Å². The third-order valence-corrected chi connectivity index (χ3v) is 2.40. The molecule has 0 saturated carbocycles. The number of halogens is 1. The zero-order valence-corrected chi connectivity index (χ0v) is 9.87. The van der Waals surface area contributed by atoms with Crippen LogP contribution in [0.5, 0.6) is 0 Å². The highest BCUT2D eigenvalue weighted by molar-refractivity contribution is 5.59. The van der Waals surface area contributed by atoms with E-state index in [-0.39, 0.29) is 5.56 Å². The maximum absolute atomic E-state index is 13.4. The molecule has 3 nitrogen and oxygen atoms in total. The van der Waals surface area contributed by atoms with Gasteiger partial charge in [-0.15, -0.1) is 0 Å². The third-order valence-electron chi connectivity index (χ3n) is 2.40. The first-order valence-electron chi connectivity index (χ1n) is 5.10. The van der Waals surface area contributed by atoms with Crippen molar-refractivity contribution in [2.45, 2.75) is 0 Å². The summed E-state index contributed by atoms with van der Waals surface area (Å²) in [5.41, 5.74) is 0.758. The van der Waals surface area contributed by atoms with Gasteiger partial charge in [0.25, 0.3) is 0 Å². The summed E-state index contributed by atoms with van der Waals surface area (Å²) in [7, 11) is 5.81. The van der Waals surface area contributed by atoms with Gasteiger partial charge in [0.1, 0.15) is 17.4 Å². The third kappa shape index (κ3) is 2.94. The predicted molar refractivity (Wildman–Crippen MR) is 62.9 cm³/mol. The number of nitriles is 1. The largest absolute Gasteiger partial charge is 0.372 e. The molecule has 0 unspecified atom stereocenters. The summed E-state index contributed by atoms with van der Waals surface area (Å²) >= 11 is 0. The number of rotatable bonds is 4. The maximum Gasteiger partial charge on any atom is 0.143 e. The van der Waals surface area contributed by atoms with Gasteiger partial charge in [-0.2, -0.15) is 5.26 Å². The second-order valence-corrected chi connectivity index (χ2v) is 3.97. The molecule has 0 spiro atoms. The van der Waals surface area contributed by atoms with Crippen molar-refractivity contribution in [2.24, 2.45) is 0 Å². The fourth-order valence-corrected chi connectivity index (χ4v) is 1.41. The molecule has 0 aliphatic carbocycles. The summed E-state index contributed by atoms with van der Waals surface area (Å²) in [5, 5.41) is 8.90. The summed E-state index contributed by atoms with van der Waals surface area (Å²) in [5.74, 6) is -0.461. The van der Waals surface area contributed by atoms with Crippen molar-refractivity contribution in [1.82, 2.24) is 4.90 Å². The quantitative estimate of drug-likeness (QED) is 0.775. The average Bonchev–Trinajstić information content (AvgIpc) is 2.25. The first-order chi connectivity index (χ1) is 7.56. The molecule has 86 valence electrons. The minimum absolute atomic E-state index is 0.115. The standard InChI is InChI=1S/C12H16FN3/c1-15(2)7-8-16(3)12-6-4-5-11(13)10(12)9-14/h4-6H,7-8H2,1-3H3. The van der Waals surface area contributed by atoms with Crippen LogP contribution in [0.15, 0.2) is 18.2 Å². The molecule has 0 radical (unpaired) electrons. The molecule has 16 heavy (non-hydrogen) atoms. The van der Waals surface area contributed by atoms with Crippen molar-refractivity contribution in [3.63, 3.8) is 0 Å². The molecule has 0 amide bonds. The van der Waals surface area contributed by atoms with Crippen molar-refractivity contribution in [3.05, 3.63) is 29.6 Å². The van der Waals surface area contributed by atoms with E-state index in [1.807, 2.05) is 37.0 Å². The van der Waals surface area contributed by atoms with E-state index in [1.165, 1.54) is 6.07 Å². The highest BCUT2D eigenvalue weighted by Gasteiger charge is 2.11. The number of nitrogens with zero attached hydrogens (tertiary/aromatic N) is 3. The molecule has 4 heteroatoms. The lowest BCUT2D eigenvalue weighted by Gasteiger charge is -2.22. The van der Waals surface area contributed by atoms with Gasteiger partial charge in [0.05, 0.1) is 5.69 Å². The number of likely N-dealkylation sites (N-methyl/N-ethyl adjacent to an activating group) is 2. The van der Waals surface area contributed by atoms with Crippen LogP contribution in [0.25, 0.3) is 0 Å². The molecule has 0 aromatic heterocycles. The molecule has 1 aromatic carbocycles. The van der Waals surface area contributed by atoms with E-state index >= 15 is 0 Å². The number of anilines is 1. The lowest BCUT2D eigenvalue weighted by molar-refractivity contribution is 0.416. The molecule has 1 aromatic rings. The Bertz CT molecular complexity index is 396. The Morgan fingerprint density at radius 1 is 1.25 bits per heavy atom. The van der Waals surface area contributed by atoms with Crippen LogP contribution in [-0.4, -0.2) is 39.1 Å². The Kier molecular flexibility index (Phi) is 4.27. The van der Waals surface area contributed by atoms with Gasteiger partial charge in [0, 0.05) is 20.1 Å². The van der Waals surface area contributed by atoms with Crippen molar-refractivity contribution in [2.75, 3.05) is 39.1 Å². The van der Waals surface area contributed by atoms with Gasteiger partial charge >= 0.3 is 0 Å². The number of hydrogen-bond donors (Lipinski definition) is 0. The van der Waals surface area contributed by atoms with Crippen molar-refractivity contribution in [3.8, 4) is 6.07 Å². The number of hydrogen-bond acceptors (Lipinski definition) is 3. The van der Waals surface area contributed by atoms with Gasteiger partial charge < -0.3 is 9.80 Å². The average molecular weight is 221 g/mol. The van der Waals surface area contributed by atoms with Crippen LogP contribution in [-0.2, 0) is 0 Å². The summed E-state index contributed by atoms with van der Waals surface area (Å²) in [6.45, 7) is 1.61. The monoisotopic (exact) mass is 221 g/mol. The van der Waals surface area contributed by atoms with Crippen LogP contribution in [0.1, 0.15) is 5.56 Å². The van der Waals surface area contributed by atoms with E-state index in [4.69, 9.17) is 5.26 Å². The molecule has 1 rings (SSSR count). The minimum atomic E-state index is -0.461. The molecule has 0 fully saturated rings. The molecule has 0 bridgehead atoms. The van der Waals surface area contributed by atoms with Crippen molar-refractivity contribution in [1.29, 1.82) is 5.26 Å². The Labute approximate surface area is 95.7 Å². The van der Waals surface area contributed by atoms with Gasteiger partial charge in [-0.1, -0.05) is 6.07 Å². The Hall–Kier alpha value is -1.60. The van der Waals surface area contributed by atoms with Crippen molar-refractivity contribution < 1.29 is 4.39 Å². The summed E-state index contributed by atoms with van der Waals surface area (Å²) < 4.78 is 13.4. The van der Waals surface area contributed by atoms with E-state index in [9.17, 15) is 4.39 Å². The topological polar surface area (TPSA) is 30.3 Å². The SMILES string of the molecule is CN(C)CCN(C)c1cccc(F)c1C#N. The highest BCUT2D eigenvalue weighted by Crippen LogP contribution is 2.20. The first kappa shape index (κ1) is 12.5. The molecular formula is C12H16FN3. The van der Waals surface area contributed by atoms with Gasteiger partial charge in [-0.25, -0.2) is 4.39 Å². The van der Waals surface area contributed by atoms with Crippen LogP contribution in [0.3, 0.4) is 0 Å². The fraction of sp³-hybridized carbons (Fsp3) is 0.417. The fourth-order valence-electron chi connectivity index (χ4n) is 1.41. The van der Waals surface area contributed by atoms with E-state index < -0.39 is 5.82 Å². The van der Waals surface area contributed by atoms with Crippen molar-refractivity contribution >= 4 is 5.69 Å². The molecule has 0 aliphatic rings. The van der Waals surface area contributed by atoms with E-state index in [1.54, 1.807) is 12.1 Å². The lowest BCUT2D eigenvalue weighted by Crippen LogP contribution is -2.29. The number of benzene rings is 1. The predicted octanol–water partition coefficient (Wildman–Crippen LogP) is 1.70. The minimum Gasteiger partial charge on any atom is -0.372 e. The van der Waals surface area contributed by atoms with Gasteiger partial charge in [0.15, 0.2) is 0 Å². The maximum atomic E-state index is 13.4. The van der Waals surface area contributed by atoms with Gasteiger partial charge in [0.2, 0.25) is 0 Å². The normalized spacial score (nSPS) is 10.2. The Morgan fingerprint density at radius 2 is 1.94 bits per heavy atom. The molecule has 0 aliphatic heterocycles. The molecule has 0 saturated heterocycles. The summed E-state index contributed by atoms with van der Waals surface area (Å²) in [4.78, 5) is 3.93. The first-order valence-corrected chi connectivity index (χ1v) is 5.10. The van der Waals surface area contributed by atoms with Gasteiger partial charge in [-0.05, 0) is 26.2 Å². The zero-order valence-electron chi connectivity index (χ0n) is 9.87. The van der Waals surface area contributed by atoms with Crippen LogP contribution in [0.4, 0.5) is 10.1 Å². The highest BCUT2D eigenvalue weighted by atomic mass is 19.1. The summed E-state index contributed by atoms with van der Waals surface area (Å²) in [6, 6.07) is 6.59. The second-order valence-electron chi connectivity index (χ2n) is 3.97. The van der Waals surface area contributed by atoms with Gasteiger partial charge in [-0.3, -0.25) is 0 Å². The van der Waals surface area contributed by atoms with E-state index in [0.717, 1.165) is 13.1 Å². The van der Waals surface area contributed by atoms with Crippen LogP contribution < -0.4 is 4.90 Å². The lowest BCUT2D eigenvalue weighted by atomic mass is 10.1. The Morgan fingerprint density at radius 3 is 2.50 bits per heavy atom. The van der Waals surface area contributed by atoms with E-state index in [0.29, 0.717) is 5.69 Å².